The molecule has 0 aromatic heterocycles. The van der Waals surface area contributed by atoms with Gasteiger partial charge in [0.1, 0.15) is 6.04 Å². The summed E-state index contributed by atoms with van der Waals surface area (Å²) in [6.45, 7) is 0. The lowest BCUT2D eigenvalue weighted by Crippen LogP contribution is -2.38. The second-order valence-corrected chi connectivity index (χ2v) is 4.44. The molecule has 86 valence electrons. The maximum absolute atomic E-state index is 11.3. The van der Waals surface area contributed by atoms with Gasteiger partial charge in [-0.3, -0.25) is 4.79 Å². The largest absolute Gasteiger partial charge is 0.467 e. The number of methoxy groups -OCH3 is 1. The van der Waals surface area contributed by atoms with Crippen LogP contribution >= 0.6 is 22.6 Å². The number of halogens is 1. The van der Waals surface area contributed by atoms with Gasteiger partial charge in [-0.05, 0) is 40.3 Å². The fraction of sp³-hybridized carbons (Fsp3) is 0.273. The third-order valence-electron chi connectivity index (χ3n) is 2.11. The number of carbonyl (C=O) groups excluding carboxylic acids is 2. The van der Waals surface area contributed by atoms with E-state index in [0.29, 0.717) is 12.8 Å². The van der Waals surface area contributed by atoms with E-state index in [9.17, 15) is 9.59 Å². The molecule has 0 unspecified atom stereocenters. The molecule has 0 radical (unpaired) electrons. The van der Waals surface area contributed by atoms with Gasteiger partial charge in [0.15, 0.2) is 0 Å². The Hall–Kier alpha value is -1.11. The molecule has 0 heterocycles. The molecule has 0 bridgehead atoms. The van der Waals surface area contributed by atoms with Crippen LogP contribution in [0.1, 0.15) is 5.56 Å². The van der Waals surface area contributed by atoms with Crippen molar-refractivity contribution in [1.82, 2.24) is 5.32 Å². The Morgan fingerprint density at radius 3 is 2.62 bits per heavy atom. The molecule has 0 spiro atoms. The fourth-order valence-corrected chi connectivity index (χ4v) is 1.65. The topological polar surface area (TPSA) is 55.4 Å². The standard InChI is InChI=1S/C11H12INO3/c1-16-11(15)10(13-7-14)6-8-2-4-9(12)5-3-8/h2-5,7,10H,6H2,1H3,(H,13,14)/t10-/m0/s1. The van der Waals surface area contributed by atoms with Crippen LogP contribution in [0.4, 0.5) is 0 Å². The van der Waals surface area contributed by atoms with E-state index in [2.05, 4.69) is 32.6 Å². The quantitative estimate of drug-likeness (QED) is 0.499. The van der Waals surface area contributed by atoms with Crippen LogP contribution in [0.2, 0.25) is 0 Å². The minimum Gasteiger partial charge on any atom is -0.467 e. The monoisotopic (exact) mass is 333 g/mol. The van der Waals surface area contributed by atoms with Gasteiger partial charge in [0.05, 0.1) is 7.11 Å². The lowest BCUT2D eigenvalue weighted by atomic mass is 10.1. The highest BCUT2D eigenvalue weighted by atomic mass is 127. The highest BCUT2D eigenvalue weighted by Gasteiger charge is 2.18. The number of rotatable bonds is 5. The van der Waals surface area contributed by atoms with E-state index in [0.717, 1.165) is 9.13 Å². The molecular weight excluding hydrogens is 321 g/mol. The number of benzene rings is 1. The van der Waals surface area contributed by atoms with Gasteiger partial charge in [-0.15, -0.1) is 0 Å². The molecule has 1 amide bonds. The molecule has 1 aromatic carbocycles. The molecule has 4 nitrogen and oxygen atoms in total. The van der Waals surface area contributed by atoms with Crippen LogP contribution in [-0.4, -0.2) is 25.5 Å². The number of hydrogen-bond acceptors (Lipinski definition) is 3. The zero-order valence-corrected chi connectivity index (χ0v) is 10.9. The number of ether oxygens (including phenoxy) is 1. The van der Waals surface area contributed by atoms with Crippen molar-refractivity contribution in [2.45, 2.75) is 12.5 Å². The molecule has 16 heavy (non-hydrogen) atoms. The Bertz CT molecular complexity index is 364. The van der Waals surface area contributed by atoms with Crippen LogP contribution in [0.25, 0.3) is 0 Å². The molecule has 0 saturated carbocycles. The van der Waals surface area contributed by atoms with E-state index in [1.165, 1.54) is 7.11 Å². The molecule has 0 aliphatic carbocycles. The van der Waals surface area contributed by atoms with Gasteiger partial charge in [0, 0.05) is 9.99 Å². The summed E-state index contributed by atoms with van der Waals surface area (Å²) in [5, 5.41) is 2.44. The Morgan fingerprint density at radius 1 is 1.50 bits per heavy atom. The number of carbonyl (C=O) groups is 2. The lowest BCUT2D eigenvalue weighted by Gasteiger charge is -2.13. The summed E-state index contributed by atoms with van der Waals surface area (Å²) in [5.74, 6) is -0.439. The Balaban J connectivity index is 2.71. The molecule has 1 rings (SSSR count). The van der Waals surface area contributed by atoms with Gasteiger partial charge in [-0.1, -0.05) is 12.1 Å². The fourth-order valence-electron chi connectivity index (χ4n) is 1.29. The van der Waals surface area contributed by atoms with E-state index >= 15 is 0 Å². The van der Waals surface area contributed by atoms with E-state index in [1.807, 2.05) is 24.3 Å². The van der Waals surface area contributed by atoms with E-state index in [4.69, 9.17) is 0 Å². The molecule has 1 atom stereocenters. The highest BCUT2D eigenvalue weighted by Crippen LogP contribution is 2.09. The summed E-state index contributed by atoms with van der Waals surface area (Å²) in [6, 6.07) is 7.12. The summed E-state index contributed by atoms with van der Waals surface area (Å²) in [6.07, 6.45) is 0.941. The zero-order valence-electron chi connectivity index (χ0n) is 8.77. The van der Waals surface area contributed by atoms with Gasteiger partial charge in [-0.25, -0.2) is 4.79 Å². The van der Waals surface area contributed by atoms with Crippen molar-refractivity contribution in [3.63, 3.8) is 0 Å². The molecule has 0 aliphatic heterocycles. The predicted octanol–water partition coefficient (Wildman–Crippen LogP) is 1.12. The SMILES string of the molecule is COC(=O)[C@H](Cc1ccc(I)cc1)NC=O. The number of nitrogens with one attached hydrogen (secondary N) is 1. The average molecular weight is 333 g/mol. The molecule has 1 N–H and O–H groups in total. The van der Waals surface area contributed by atoms with E-state index in [-0.39, 0.29) is 0 Å². The van der Waals surface area contributed by atoms with Crippen molar-refractivity contribution >= 4 is 35.0 Å². The molecule has 0 fully saturated rings. The maximum atomic E-state index is 11.3. The summed E-state index contributed by atoms with van der Waals surface area (Å²) in [4.78, 5) is 21.7. The van der Waals surface area contributed by atoms with Crippen LogP contribution in [0, 0.1) is 3.57 Å². The van der Waals surface area contributed by atoms with Gasteiger partial charge >= 0.3 is 5.97 Å². The van der Waals surface area contributed by atoms with Crippen LogP contribution in [-0.2, 0) is 20.7 Å². The highest BCUT2D eigenvalue weighted by molar-refractivity contribution is 14.1. The van der Waals surface area contributed by atoms with Crippen LogP contribution < -0.4 is 5.32 Å². The first kappa shape index (κ1) is 13.0. The summed E-state index contributed by atoms with van der Waals surface area (Å²) < 4.78 is 5.72. The first-order valence-corrected chi connectivity index (χ1v) is 5.77. The smallest absolute Gasteiger partial charge is 0.328 e. The van der Waals surface area contributed by atoms with E-state index < -0.39 is 12.0 Å². The van der Waals surface area contributed by atoms with Gasteiger partial charge < -0.3 is 10.1 Å². The zero-order chi connectivity index (χ0) is 12.0. The minimum atomic E-state index is -0.623. The normalized spacial score (nSPS) is 11.6. The number of amides is 1. The maximum Gasteiger partial charge on any atom is 0.328 e. The van der Waals surface area contributed by atoms with Crippen molar-refractivity contribution in [1.29, 1.82) is 0 Å². The van der Waals surface area contributed by atoms with Crippen molar-refractivity contribution in [2.24, 2.45) is 0 Å². The Morgan fingerprint density at radius 2 is 2.12 bits per heavy atom. The lowest BCUT2D eigenvalue weighted by molar-refractivity contribution is -0.144. The van der Waals surface area contributed by atoms with Crippen LogP contribution in [0.5, 0.6) is 0 Å². The number of esters is 1. The Labute approximate surface area is 108 Å². The predicted molar refractivity (Wildman–Crippen MR) is 67.9 cm³/mol. The molecule has 0 saturated heterocycles. The number of hydrogen-bond donors (Lipinski definition) is 1. The van der Waals surface area contributed by atoms with Gasteiger partial charge in [0.25, 0.3) is 0 Å². The second kappa shape index (κ2) is 6.47. The molecular formula is C11H12INO3. The first-order chi connectivity index (χ1) is 7.67. The van der Waals surface area contributed by atoms with Crippen molar-refractivity contribution in [3.05, 3.63) is 33.4 Å². The second-order valence-electron chi connectivity index (χ2n) is 3.19. The van der Waals surface area contributed by atoms with Crippen molar-refractivity contribution < 1.29 is 14.3 Å². The van der Waals surface area contributed by atoms with Crippen LogP contribution in [0.15, 0.2) is 24.3 Å². The Kier molecular flexibility index (Phi) is 5.24. The molecule has 0 aliphatic rings. The third kappa shape index (κ3) is 3.80. The summed E-state index contributed by atoms with van der Waals surface area (Å²) >= 11 is 2.20. The first-order valence-electron chi connectivity index (χ1n) is 4.69. The third-order valence-corrected chi connectivity index (χ3v) is 2.83. The van der Waals surface area contributed by atoms with E-state index in [1.54, 1.807) is 0 Å². The minimum absolute atomic E-state index is 0.433. The molecule has 1 aromatic rings. The van der Waals surface area contributed by atoms with Crippen molar-refractivity contribution in [3.8, 4) is 0 Å². The van der Waals surface area contributed by atoms with Crippen molar-refractivity contribution in [2.75, 3.05) is 7.11 Å². The summed E-state index contributed by atoms with van der Waals surface area (Å²) in [5.41, 5.74) is 0.977. The summed E-state index contributed by atoms with van der Waals surface area (Å²) in [7, 11) is 1.30. The van der Waals surface area contributed by atoms with Gasteiger partial charge in [0.2, 0.25) is 6.41 Å². The van der Waals surface area contributed by atoms with Gasteiger partial charge in [-0.2, -0.15) is 0 Å². The molecule has 5 heteroatoms. The van der Waals surface area contributed by atoms with Crippen LogP contribution in [0.3, 0.4) is 0 Å². The average Bonchev–Trinajstić information content (AvgIpc) is 2.30.